The molecule has 0 saturated carbocycles. The monoisotopic (exact) mass is 210 g/mol. The molecule has 1 aromatic rings. The summed E-state index contributed by atoms with van der Waals surface area (Å²) < 4.78 is 5.34. The van der Waals surface area contributed by atoms with Crippen molar-refractivity contribution in [3.63, 3.8) is 0 Å². The van der Waals surface area contributed by atoms with E-state index in [-0.39, 0.29) is 23.9 Å². The lowest BCUT2D eigenvalue weighted by molar-refractivity contribution is 0.0857. The summed E-state index contributed by atoms with van der Waals surface area (Å²) in [4.78, 5) is 15.6. The van der Waals surface area contributed by atoms with E-state index in [2.05, 4.69) is 20.5 Å². The quantitative estimate of drug-likeness (QED) is 0.721. The van der Waals surface area contributed by atoms with Crippen LogP contribution in [0.2, 0.25) is 0 Å². The minimum absolute atomic E-state index is 0.0639. The van der Waals surface area contributed by atoms with E-state index in [1.165, 1.54) is 0 Å². The van der Waals surface area contributed by atoms with Gasteiger partial charge in [0.05, 0.1) is 12.1 Å². The minimum Gasteiger partial charge on any atom is -0.376 e. The summed E-state index contributed by atoms with van der Waals surface area (Å²) in [5.74, 6) is 0.573. The maximum absolute atomic E-state index is 11.6. The Kier molecular flexibility index (Phi) is 2.68. The number of ether oxygens (including phenoxy) is 1. The van der Waals surface area contributed by atoms with Crippen molar-refractivity contribution in [3.8, 4) is 0 Å². The lowest BCUT2D eigenvalue weighted by atomic mass is 10.1. The zero-order valence-electron chi connectivity index (χ0n) is 8.78. The van der Waals surface area contributed by atoms with Crippen molar-refractivity contribution in [2.45, 2.75) is 32.4 Å². The van der Waals surface area contributed by atoms with Gasteiger partial charge in [-0.1, -0.05) is 0 Å². The summed E-state index contributed by atoms with van der Waals surface area (Å²) >= 11 is 0. The number of carbonyl (C=O) groups is 1. The molecule has 0 spiro atoms. The molecule has 1 aromatic heterocycles. The van der Waals surface area contributed by atoms with Crippen molar-refractivity contribution in [1.29, 1.82) is 0 Å². The number of hydrogen-bond donors (Lipinski definition) is 2. The standard InChI is InChI=1S/C9H14N4O2/c1-5-7(3-4-15-5)11-9(14)8-10-6(2)12-13-8/h5,7H,3-4H2,1-2H3,(H,11,14)(H,10,12,13). The maximum atomic E-state index is 11.6. The topological polar surface area (TPSA) is 79.9 Å². The second-order valence-electron chi connectivity index (χ2n) is 3.69. The van der Waals surface area contributed by atoms with Crippen LogP contribution in [0.4, 0.5) is 0 Å². The molecule has 2 unspecified atom stereocenters. The summed E-state index contributed by atoms with van der Waals surface area (Å²) in [5.41, 5.74) is 0. The minimum atomic E-state index is -0.248. The second-order valence-corrected chi connectivity index (χ2v) is 3.69. The lowest BCUT2D eigenvalue weighted by Crippen LogP contribution is -2.39. The number of aromatic nitrogens is 3. The normalized spacial score (nSPS) is 25.5. The van der Waals surface area contributed by atoms with Crippen molar-refractivity contribution < 1.29 is 9.53 Å². The molecule has 0 aliphatic carbocycles. The van der Waals surface area contributed by atoms with Crippen LogP contribution in [0.15, 0.2) is 0 Å². The average molecular weight is 210 g/mol. The van der Waals surface area contributed by atoms with Gasteiger partial charge >= 0.3 is 0 Å². The fourth-order valence-corrected chi connectivity index (χ4v) is 1.60. The van der Waals surface area contributed by atoms with Gasteiger partial charge in [-0.15, -0.1) is 5.10 Å². The van der Waals surface area contributed by atoms with Crippen molar-refractivity contribution in [2.75, 3.05) is 6.61 Å². The molecule has 0 bridgehead atoms. The van der Waals surface area contributed by atoms with Crippen LogP contribution in [0, 0.1) is 6.92 Å². The van der Waals surface area contributed by atoms with Gasteiger partial charge in [0.1, 0.15) is 5.82 Å². The Morgan fingerprint density at radius 2 is 2.47 bits per heavy atom. The highest BCUT2D eigenvalue weighted by Crippen LogP contribution is 2.12. The highest BCUT2D eigenvalue weighted by molar-refractivity contribution is 5.90. The molecule has 1 aliphatic heterocycles. The van der Waals surface area contributed by atoms with E-state index in [4.69, 9.17) is 4.74 Å². The number of carbonyl (C=O) groups excluding carboxylic acids is 1. The van der Waals surface area contributed by atoms with E-state index in [9.17, 15) is 4.79 Å². The van der Waals surface area contributed by atoms with E-state index in [0.29, 0.717) is 12.4 Å². The molecule has 0 aromatic carbocycles. The molecular formula is C9H14N4O2. The first-order valence-electron chi connectivity index (χ1n) is 4.98. The van der Waals surface area contributed by atoms with Gasteiger partial charge in [-0.2, -0.15) is 0 Å². The van der Waals surface area contributed by atoms with Gasteiger partial charge in [0.25, 0.3) is 5.91 Å². The van der Waals surface area contributed by atoms with E-state index in [1.807, 2.05) is 6.92 Å². The number of rotatable bonds is 2. The van der Waals surface area contributed by atoms with Crippen LogP contribution in [0.1, 0.15) is 29.8 Å². The third-order valence-electron chi connectivity index (χ3n) is 2.49. The second kappa shape index (κ2) is 3.98. The van der Waals surface area contributed by atoms with Gasteiger partial charge in [0.15, 0.2) is 0 Å². The van der Waals surface area contributed by atoms with Crippen LogP contribution >= 0.6 is 0 Å². The molecule has 2 heterocycles. The first-order chi connectivity index (χ1) is 7.16. The predicted molar refractivity (Wildman–Crippen MR) is 52.4 cm³/mol. The van der Waals surface area contributed by atoms with Crippen LogP contribution in [-0.2, 0) is 4.74 Å². The number of hydrogen-bond acceptors (Lipinski definition) is 4. The van der Waals surface area contributed by atoms with Crippen molar-refractivity contribution in [1.82, 2.24) is 20.5 Å². The van der Waals surface area contributed by atoms with Crippen molar-refractivity contribution in [2.24, 2.45) is 0 Å². The fourth-order valence-electron chi connectivity index (χ4n) is 1.60. The molecule has 82 valence electrons. The Bertz CT molecular complexity index is 363. The fraction of sp³-hybridized carbons (Fsp3) is 0.667. The molecule has 1 aliphatic rings. The zero-order chi connectivity index (χ0) is 10.8. The van der Waals surface area contributed by atoms with Gasteiger partial charge in [-0.05, 0) is 20.3 Å². The molecule has 1 amide bonds. The highest BCUT2D eigenvalue weighted by atomic mass is 16.5. The Hall–Kier alpha value is -1.43. The first kappa shape index (κ1) is 10.1. The number of aromatic amines is 1. The van der Waals surface area contributed by atoms with Crippen molar-refractivity contribution in [3.05, 3.63) is 11.6 Å². The summed E-state index contributed by atoms with van der Waals surface area (Å²) in [6.07, 6.45) is 0.907. The van der Waals surface area contributed by atoms with Gasteiger partial charge in [0.2, 0.25) is 5.82 Å². The molecule has 0 radical (unpaired) electrons. The largest absolute Gasteiger partial charge is 0.376 e. The lowest BCUT2D eigenvalue weighted by Gasteiger charge is -2.14. The first-order valence-corrected chi connectivity index (χ1v) is 4.98. The molecule has 2 N–H and O–H groups in total. The molecule has 1 fully saturated rings. The van der Waals surface area contributed by atoms with Crippen LogP contribution in [0.25, 0.3) is 0 Å². The van der Waals surface area contributed by atoms with E-state index < -0.39 is 0 Å². The Morgan fingerprint density at radius 1 is 1.67 bits per heavy atom. The van der Waals surface area contributed by atoms with Crippen LogP contribution in [0.5, 0.6) is 0 Å². The molecule has 2 rings (SSSR count). The maximum Gasteiger partial charge on any atom is 0.291 e. The van der Waals surface area contributed by atoms with Gasteiger partial charge in [-0.3, -0.25) is 9.89 Å². The van der Waals surface area contributed by atoms with Gasteiger partial charge in [-0.25, -0.2) is 4.98 Å². The zero-order valence-corrected chi connectivity index (χ0v) is 8.78. The molecule has 15 heavy (non-hydrogen) atoms. The summed E-state index contributed by atoms with van der Waals surface area (Å²) in [7, 11) is 0. The van der Waals surface area contributed by atoms with Crippen LogP contribution in [0.3, 0.4) is 0 Å². The molecule has 1 saturated heterocycles. The molecule has 2 atom stereocenters. The van der Waals surface area contributed by atoms with Gasteiger partial charge < -0.3 is 10.1 Å². The Balaban J connectivity index is 1.97. The Labute approximate surface area is 87.4 Å². The number of amides is 1. The number of nitrogens with zero attached hydrogens (tertiary/aromatic N) is 2. The molecule has 6 nitrogen and oxygen atoms in total. The summed E-state index contributed by atoms with van der Waals surface area (Å²) in [6, 6.07) is 0.0660. The summed E-state index contributed by atoms with van der Waals surface area (Å²) in [6.45, 7) is 4.39. The van der Waals surface area contributed by atoms with Crippen LogP contribution in [-0.4, -0.2) is 39.8 Å². The number of H-pyrrole nitrogens is 1. The van der Waals surface area contributed by atoms with E-state index >= 15 is 0 Å². The van der Waals surface area contributed by atoms with Crippen LogP contribution < -0.4 is 5.32 Å². The highest BCUT2D eigenvalue weighted by Gasteiger charge is 2.26. The molecule has 6 heteroatoms. The smallest absolute Gasteiger partial charge is 0.291 e. The summed E-state index contributed by atoms with van der Waals surface area (Å²) in [5, 5.41) is 9.28. The van der Waals surface area contributed by atoms with Crippen molar-refractivity contribution >= 4 is 5.91 Å². The molecular weight excluding hydrogens is 196 g/mol. The third kappa shape index (κ3) is 2.15. The third-order valence-corrected chi connectivity index (χ3v) is 2.49. The number of nitrogens with one attached hydrogen (secondary N) is 2. The average Bonchev–Trinajstić information content (AvgIpc) is 2.77. The predicted octanol–water partition coefficient (Wildman–Crippen LogP) is 0.0203. The Morgan fingerprint density at radius 3 is 3.00 bits per heavy atom. The van der Waals surface area contributed by atoms with Gasteiger partial charge in [0, 0.05) is 6.61 Å². The SMILES string of the molecule is Cc1nc(C(=O)NC2CCOC2C)n[nH]1. The van der Waals surface area contributed by atoms with E-state index in [0.717, 1.165) is 6.42 Å². The number of aryl methyl sites for hydroxylation is 1. The van der Waals surface area contributed by atoms with E-state index in [1.54, 1.807) is 6.92 Å².